The maximum absolute atomic E-state index is 9.54. The summed E-state index contributed by atoms with van der Waals surface area (Å²) in [4.78, 5) is 0. The zero-order chi connectivity index (χ0) is 10.4. The predicted octanol–water partition coefficient (Wildman–Crippen LogP) is 2.17. The van der Waals surface area contributed by atoms with Gasteiger partial charge in [0.2, 0.25) is 0 Å². The summed E-state index contributed by atoms with van der Waals surface area (Å²) < 4.78 is 0. The van der Waals surface area contributed by atoms with E-state index in [1.807, 2.05) is 0 Å². The van der Waals surface area contributed by atoms with E-state index in [2.05, 4.69) is 19.2 Å². The molecule has 1 aliphatic rings. The van der Waals surface area contributed by atoms with Crippen molar-refractivity contribution < 1.29 is 5.11 Å². The van der Waals surface area contributed by atoms with Gasteiger partial charge in [-0.1, -0.05) is 26.7 Å². The van der Waals surface area contributed by atoms with Crippen LogP contribution in [0.15, 0.2) is 0 Å². The fourth-order valence-corrected chi connectivity index (χ4v) is 2.59. The molecule has 14 heavy (non-hydrogen) atoms. The highest BCUT2D eigenvalue weighted by Crippen LogP contribution is 2.34. The minimum Gasteiger partial charge on any atom is -0.396 e. The number of piperidine rings is 1. The predicted molar refractivity (Wildman–Crippen MR) is 60.3 cm³/mol. The molecule has 0 amide bonds. The molecule has 1 heterocycles. The molecule has 1 fully saturated rings. The van der Waals surface area contributed by atoms with Gasteiger partial charge in [-0.2, -0.15) is 0 Å². The Bertz CT molecular complexity index is 148. The third-order valence-corrected chi connectivity index (χ3v) is 3.77. The highest BCUT2D eigenvalue weighted by molar-refractivity contribution is 4.86. The first-order valence-corrected chi connectivity index (χ1v) is 6.08. The highest BCUT2D eigenvalue weighted by Gasteiger charge is 2.32. The monoisotopic (exact) mass is 199 g/mol. The van der Waals surface area contributed by atoms with Crippen LogP contribution in [0.2, 0.25) is 0 Å². The molecule has 2 N–H and O–H groups in total. The molecule has 0 radical (unpaired) electrons. The molecule has 1 saturated heterocycles. The van der Waals surface area contributed by atoms with Gasteiger partial charge < -0.3 is 10.4 Å². The molecule has 1 rings (SSSR count). The summed E-state index contributed by atoms with van der Waals surface area (Å²) in [5, 5.41) is 13.0. The van der Waals surface area contributed by atoms with Crippen molar-refractivity contribution in [3.8, 4) is 0 Å². The lowest BCUT2D eigenvalue weighted by molar-refractivity contribution is 0.0668. The zero-order valence-electron chi connectivity index (χ0n) is 9.68. The Morgan fingerprint density at radius 2 is 2.07 bits per heavy atom. The van der Waals surface area contributed by atoms with Gasteiger partial charge >= 0.3 is 0 Å². The minimum atomic E-state index is 0.189. The summed E-state index contributed by atoms with van der Waals surface area (Å²) in [5.74, 6) is 0.794. The molecule has 1 atom stereocenters. The second-order valence-corrected chi connectivity index (χ2v) is 4.83. The number of rotatable bonds is 5. The fourth-order valence-electron chi connectivity index (χ4n) is 2.59. The first-order valence-electron chi connectivity index (χ1n) is 6.08. The molecule has 1 aliphatic heterocycles. The summed E-state index contributed by atoms with van der Waals surface area (Å²) in [6, 6.07) is 0. The molecular formula is C12H25NO. The summed E-state index contributed by atoms with van der Waals surface area (Å²) in [7, 11) is 0. The van der Waals surface area contributed by atoms with Crippen LogP contribution in [-0.4, -0.2) is 24.8 Å². The van der Waals surface area contributed by atoms with E-state index in [4.69, 9.17) is 0 Å². The molecule has 2 heteroatoms. The number of nitrogens with one attached hydrogen (secondary N) is 1. The Balaban J connectivity index is 2.50. The van der Waals surface area contributed by atoms with Crippen molar-refractivity contribution in [1.29, 1.82) is 0 Å². The van der Waals surface area contributed by atoms with Crippen LogP contribution in [0.4, 0.5) is 0 Å². The van der Waals surface area contributed by atoms with Crippen LogP contribution < -0.4 is 5.32 Å². The summed E-state index contributed by atoms with van der Waals surface area (Å²) in [6.07, 6.45) is 6.12. The number of aliphatic hydroxyl groups excluding tert-OH is 1. The Labute approximate surface area is 88.1 Å². The van der Waals surface area contributed by atoms with Gasteiger partial charge in [0, 0.05) is 18.6 Å². The first-order chi connectivity index (χ1) is 6.76. The van der Waals surface area contributed by atoms with Crippen LogP contribution in [0.1, 0.15) is 46.0 Å². The fraction of sp³-hybridized carbons (Fsp3) is 1.00. The molecule has 0 aromatic heterocycles. The Hall–Kier alpha value is -0.0800. The molecule has 0 aromatic carbocycles. The lowest BCUT2D eigenvalue weighted by Crippen LogP contribution is -2.43. The third kappa shape index (κ3) is 2.96. The maximum atomic E-state index is 9.54. The lowest BCUT2D eigenvalue weighted by atomic mass is 9.73. The van der Waals surface area contributed by atoms with Crippen molar-refractivity contribution in [1.82, 2.24) is 5.32 Å². The van der Waals surface area contributed by atoms with Crippen LogP contribution in [-0.2, 0) is 0 Å². The molecule has 0 spiro atoms. The molecule has 0 bridgehead atoms. The molecular weight excluding hydrogens is 174 g/mol. The molecule has 1 unspecified atom stereocenters. The van der Waals surface area contributed by atoms with E-state index in [1.54, 1.807) is 0 Å². The van der Waals surface area contributed by atoms with Crippen molar-refractivity contribution in [2.24, 2.45) is 11.3 Å². The van der Waals surface area contributed by atoms with Crippen LogP contribution in [0.3, 0.4) is 0 Å². The highest BCUT2D eigenvalue weighted by atomic mass is 16.3. The normalized spacial score (nSPS) is 28.3. The molecule has 0 saturated carbocycles. The first kappa shape index (κ1) is 12.0. The van der Waals surface area contributed by atoms with Gasteiger partial charge in [0.05, 0.1) is 0 Å². The van der Waals surface area contributed by atoms with E-state index in [-0.39, 0.29) is 5.41 Å². The summed E-state index contributed by atoms with van der Waals surface area (Å²) in [6.45, 7) is 7.02. The number of aliphatic hydroxyl groups is 1. The van der Waals surface area contributed by atoms with E-state index in [0.29, 0.717) is 6.61 Å². The van der Waals surface area contributed by atoms with E-state index in [1.165, 1.54) is 32.1 Å². The van der Waals surface area contributed by atoms with Crippen molar-refractivity contribution in [3.63, 3.8) is 0 Å². The van der Waals surface area contributed by atoms with Gasteiger partial charge in [-0.15, -0.1) is 0 Å². The van der Waals surface area contributed by atoms with E-state index in [0.717, 1.165) is 19.0 Å². The van der Waals surface area contributed by atoms with E-state index < -0.39 is 0 Å². The SMILES string of the molecule is CCC(CC)CC1(CO)CCCNC1. The van der Waals surface area contributed by atoms with Gasteiger partial charge in [-0.05, 0) is 31.7 Å². The van der Waals surface area contributed by atoms with Crippen LogP contribution >= 0.6 is 0 Å². The van der Waals surface area contributed by atoms with E-state index in [9.17, 15) is 5.11 Å². The summed E-state index contributed by atoms with van der Waals surface area (Å²) in [5.41, 5.74) is 0.189. The molecule has 84 valence electrons. The smallest absolute Gasteiger partial charge is 0.0499 e. The van der Waals surface area contributed by atoms with Crippen molar-refractivity contribution >= 4 is 0 Å². The Morgan fingerprint density at radius 1 is 1.36 bits per heavy atom. The topological polar surface area (TPSA) is 32.3 Å². The van der Waals surface area contributed by atoms with Crippen LogP contribution in [0.25, 0.3) is 0 Å². The molecule has 0 aliphatic carbocycles. The minimum absolute atomic E-state index is 0.189. The van der Waals surface area contributed by atoms with Crippen LogP contribution in [0.5, 0.6) is 0 Å². The van der Waals surface area contributed by atoms with Crippen molar-refractivity contribution in [2.45, 2.75) is 46.0 Å². The van der Waals surface area contributed by atoms with E-state index >= 15 is 0 Å². The Kier molecular flexibility index (Phi) is 4.90. The zero-order valence-corrected chi connectivity index (χ0v) is 9.68. The standard InChI is InChI=1S/C12H25NO/c1-3-11(4-2)8-12(10-14)6-5-7-13-9-12/h11,13-14H,3-10H2,1-2H3. The maximum Gasteiger partial charge on any atom is 0.0499 e. The number of hydrogen-bond acceptors (Lipinski definition) is 2. The summed E-state index contributed by atoms with van der Waals surface area (Å²) >= 11 is 0. The average Bonchev–Trinajstić information content (AvgIpc) is 2.27. The van der Waals surface area contributed by atoms with Crippen LogP contribution in [0, 0.1) is 11.3 Å². The van der Waals surface area contributed by atoms with Crippen molar-refractivity contribution in [3.05, 3.63) is 0 Å². The van der Waals surface area contributed by atoms with Gasteiger partial charge in [0.25, 0.3) is 0 Å². The van der Waals surface area contributed by atoms with Gasteiger partial charge in [0.15, 0.2) is 0 Å². The van der Waals surface area contributed by atoms with Gasteiger partial charge in [-0.25, -0.2) is 0 Å². The quantitative estimate of drug-likeness (QED) is 0.711. The third-order valence-electron chi connectivity index (χ3n) is 3.77. The second kappa shape index (κ2) is 5.72. The van der Waals surface area contributed by atoms with Gasteiger partial charge in [-0.3, -0.25) is 0 Å². The Morgan fingerprint density at radius 3 is 2.50 bits per heavy atom. The molecule has 0 aromatic rings. The second-order valence-electron chi connectivity index (χ2n) is 4.83. The lowest BCUT2D eigenvalue weighted by Gasteiger charge is -2.38. The number of hydrogen-bond donors (Lipinski definition) is 2. The average molecular weight is 199 g/mol. The van der Waals surface area contributed by atoms with Crippen molar-refractivity contribution in [2.75, 3.05) is 19.7 Å². The van der Waals surface area contributed by atoms with Gasteiger partial charge in [0.1, 0.15) is 0 Å². The molecule has 2 nitrogen and oxygen atoms in total. The largest absolute Gasteiger partial charge is 0.396 e.